The van der Waals surface area contributed by atoms with Gasteiger partial charge < -0.3 is 5.73 Å². The monoisotopic (exact) mass is 325 g/mol. The first kappa shape index (κ1) is 13.5. The van der Waals surface area contributed by atoms with E-state index in [1.54, 1.807) is 22.7 Å². The van der Waals surface area contributed by atoms with Gasteiger partial charge in [-0.25, -0.2) is 4.98 Å². The van der Waals surface area contributed by atoms with E-state index in [1.807, 2.05) is 12.1 Å². The number of hydrogen-bond acceptors (Lipinski definition) is 4. The summed E-state index contributed by atoms with van der Waals surface area (Å²) in [5.41, 5.74) is 9.70. The summed E-state index contributed by atoms with van der Waals surface area (Å²) in [6, 6.07) is 14.5. The van der Waals surface area contributed by atoms with E-state index in [-0.39, 0.29) is 0 Å². The maximum atomic E-state index is 6.45. The van der Waals surface area contributed by atoms with Gasteiger partial charge in [0.1, 0.15) is 11.5 Å². The first-order valence-corrected chi connectivity index (χ1v) is 8.88. The van der Waals surface area contributed by atoms with Gasteiger partial charge in [-0.3, -0.25) is 4.40 Å². The van der Waals surface area contributed by atoms with Crippen LogP contribution in [0.2, 0.25) is 0 Å². The van der Waals surface area contributed by atoms with Gasteiger partial charge in [0.2, 0.25) is 0 Å². The van der Waals surface area contributed by atoms with Crippen LogP contribution in [0.1, 0.15) is 11.8 Å². The molecular formula is C17H15N3S2. The molecule has 0 bridgehead atoms. The minimum atomic E-state index is 0.729. The lowest BCUT2D eigenvalue weighted by atomic mass is 10.1. The number of nitrogens with two attached hydrogens (primary N) is 1. The third-order valence-corrected chi connectivity index (χ3v) is 5.77. The Hall–Kier alpha value is -2.11. The predicted molar refractivity (Wildman–Crippen MR) is 95.6 cm³/mol. The van der Waals surface area contributed by atoms with Gasteiger partial charge >= 0.3 is 0 Å². The zero-order valence-corrected chi connectivity index (χ0v) is 13.7. The van der Waals surface area contributed by atoms with Gasteiger partial charge in [0.25, 0.3) is 0 Å². The second kappa shape index (κ2) is 5.26. The number of imidazole rings is 1. The average Bonchev–Trinajstić information content (AvgIpc) is 3.24. The summed E-state index contributed by atoms with van der Waals surface area (Å²) < 4.78 is 2.11. The van der Waals surface area contributed by atoms with Crippen LogP contribution in [-0.2, 0) is 6.42 Å². The van der Waals surface area contributed by atoms with E-state index in [0.29, 0.717) is 0 Å². The van der Waals surface area contributed by atoms with E-state index in [9.17, 15) is 0 Å². The third kappa shape index (κ3) is 1.97. The van der Waals surface area contributed by atoms with Crippen LogP contribution in [0.4, 0.5) is 5.82 Å². The minimum Gasteiger partial charge on any atom is -0.383 e. The van der Waals surface area contributed by atoms with E-state index in [0.717, 1.165) is 27.8 Å². The summed E-state index contributed by atoms with van der Waals surface area (Å²) in [6.45, 7) is 2.17. The minimum absolute atomic E-state index is 0.729. The smallest absolute Gasteiger partial charge is 0.196 e. The summed E-state index contributed by atoms with van der Waals surface area (Å²) in [5, 5.41) is 2.05. The molecule has 4 aromatic rings. The Labute approximate surface area is 136 Å². The summed E-state index contributed by atoms with van der Waals surface area (Å²) >= 11 is 3.40. The predicted octanol–water partition coefficient (Wildman–Crippen LogP) is 4.94. The maximum absolute atomic E-state index is 6.45. The summed E-state index contributed by atoms with van der Waals surface area (Å²) in [4.78, 5) is 8.18. The lowest BCUT2D eigenvalue weighted by molar-refractivity contribution is 1.14. The zero-order valence-electron chi connectivity index (χ0n) is 12.1. The lowest BCUT2D eigenvalue weighted by Gasteiger charge is -2.05. The fourth-order valence-electron chi connectivity index (χ4n) is 2.70. The number of nitrogen functional groups attached to an aromatic ring is 1. The van der Waals surface area contributed by atoms with Gasteiger partial charge in [-0.2, -0.15) is 0 Å². The molecule has 2 N–H and O–H groups in total. The van der Waals surface area contributed by atoms with Crippen molar-refractivity contribution in [1.29, 1.82) is 0 Å². The molecule has 0 saturated heterocycles. The highest BCUT2D eigenvalue weighted by molar-refractivity contribution is 7.17. The number of rotatable bonds is 3. The molecule has 0 aliphatic carbocycles. The van der Waals surface area contributed by atoms with Crippen LogP contribution >= 0.6 is 22.7 Å². The third-order valence-electron chi connectivity index (χ3n) is 3.71. The van der Waals surface area contributed by atoms with Crippen molar-refractivity contribution in [2.45, 2.75) is 13.3 Å². The molecule has 0 aliphatic rings. The number of thiazole rings is 1. The van der Waals surface area contributed by atoms with Crippen molar-refractivity contribution in [3.05, 3.63) is 52.7 Å². The van der Waals surface area contributed by atoms with Crippen molar-refractivity contribution < 1.29 is 0 Å². The van der Waals surface area contributed by atoms with Crippen molar-refractivity contribution in [2.75, 3.05) is 5.73 Å². The Bertz CT molecular complexity index is 918. The van der Waals surface area contributed by atoms with Crippen molar-refractivity contribution in [3.63, 3.8) is 0 Å². The van der Waals surface area contributed by atoms with Gasteiger partial charge in [0.15, 0.2) is 4.96 Å². The van der Waals surface area contributed by atoms with Crippen LogP contribution in [-0.4, -0.2) is 9.38 Å². The first-order valence-electron chi connectivity index (χ1n) is 7.18. The van der Waals surface area contributed by atoms with Crippen molar-refractivity contribution in [3.8, 4) is 21.8 Å². The molecule has 0 atom stereocenters. The van der Waals surface area contributed by atoms with Gasteiger partial charge in [-0.05, 0) is 23.4 Å². The number of nitrogens with zero attached hydrogens (tertiary/aromatic N) is 2. The molecule has 0 amide bonds. The number of fused-ring (bicyclic) bond motifs is 1. The molecule has 5 heteroatoms. The Morgan fingerprint density at radius 1 is 1.14 bits per heavy atom. The van der Waals surface area contributed by atoms with Gasteiger partial charge in [-0.1, -0.05) is 43.3 Å². The number of aryl methyl sites for hydroxylation is 1. The molecule has 0 fully saturated rings. The molecule has 0 unspecified atom stereocenters. The fourth-order valence-corrected chi connectivity index (χ4v) is 4.51. The van der Waals surface area contributed by atoms with Crippen LogP contribution in [0.3, 0.4) is 0 Å². The summed E-state index contributed by atoms with van der Waals surface area (Å²) in [7, 11) is 0. The van der Waals surface area contributed by atoms with E-state index >= 15 is 0 Å². The van der Waals surface area contributed by atoms with Crippen molar-refractivity contribution in [1.82, 2.24) is 9.38 Å². The Kier molecular flexibility index (Phi) is 3.24. The quantitative estimate of drug-likeness (QED) is 0.580. The normalized spacial score (nSPS) is 11.3. The number of benzene rings is 1. The van der Waals surface area contributed by atoms with Gasteiger partial charge in [0, 0.05) is 4.88 Å². The number of anilines is 1. The van der Waals surface area contributed by atoms with Crippen LogP contribution < -0.4 is 5.73 Å². The van der Waals surface area contributed by atoms with Crippen LogP contribution in [0.25, 0.3) is 26.8 Å². The SMILES string of the molecule is CCc1sc2nc(-c3cccs3)c(N)n2c1-c1ccccc1. The van der Waals surface area contributed by atoms with Crippen LogP contribution in [0, 0.1) is 0 Å². The number of thiophene rings is 1. The van der Waals surface area contributed by atoms with Crippen molar-refractivity contribution >= 4 is 33.5 Å². The highest BCUT2D eigenvalue weighted by Crippen LogP contribution is 2.38. The van der Waals surface area contributed by atoms with E-state index in [2.05, 4.69) is 47.0 Å². The fraction of sp³-hybridized carbons (Fsp3) is 0.118. The molecule has 0 aliphatic heterocycles. The molecule has 3 heterocycles. The average molecular weight is 325 g/mol. The van der Waals surface area contributed by atoms with Gasteiger partial charge in [0.05, 0.1) is 10.6 Å². The largest absolute Gasteiger partial charge is 0.383 e. The second-order valence-electron chi connectivity index (χ2n) is 5.03. The molecule has 0 saturated carbocycles. The van der Waals surface area contributed by atoms with E-state index in [1.165, 1.54) is 16.1 Å². The zero-order chi connectivity index (χ0) is 15.1. The molecule has 22 heavy (non-hydrogen) atoms. The number of hydrogen-bond donors (Lipinski definition) is 1. The molecule has 0 radical (unpaired) electrons. The van der Waals surface area contributed by atoms with Gasteiger partial charge in [-0.15, -0.1) is 22.7 Å². The molecule has 3 nitrogen and oxygen atoms in total. The summed E-state index contributed by atoms with van der Waals surface area (Å²) in [6.07, 6.45) is 0.978. The van der Waals surface area contributed by atoms with E-state index in [4.69, 9.17) is 10.7 Å². The second-order valence-corrected chi connectivity index (χ2v) is 7.04. The maximum Gasteiger partial charge on any atom is 0.196 e. The molecule has 1 aromatic carbocycles. The highest BCUT2D eigenvalue weighted by atomic mass is 32.1. The standard InChI is InChI=1S/C17H15N3S2/c1-2-12-15(11-7-4-3-5-8-11)20-16(18)14(19-17(20)22-12)13-9-6-10-21-13/h3-10H,2,18H2,1H3. The summed E-state index contributed by atoms with van der Waals surface area (Å²) in [5.74, 6) is 0.729. The van der Waals surface area contributed by atoms with Crippen molar-refractivity contribution in [2.24, 2.45) is 0 Å². The van der Waals surface area contributed by atoms with E-state index < -0.39 is 0 Å². The Morgan fingerprint density at radius 2 is 1.95 bits per heavy atom. The molecule has 110 valence electrons. The molecule has 0 spiro atoms. The highest BCUT2D eigenvalue weighted by Gasteiger charge is 2.20. The molecular weight excluding hydrogens is 310 g/mol. The molecule has 3 aromatic heterocycles. The topological polar surface area (TPSA) is 43.3 Å². The number of aromatic nitrogens is 2. The lowest BCUT2D eigenvalue weighted by Crippen LogP contribution is -1.96. The molecule has 4 rings (SSSR count). The Morgan fingerprint density at radius 3 is 2.64 bits per heavy atom. The van der Waals surface area contributed by atoms with Crippen LogP contribution in [0.5, 0.6) is 0 Å². The Balaban J connectivity index is 2.02. The first-order chi connectivity index (χ1) is 10.8. The van der Waals surface area contributed by atoms with Crippen LogP contribution in [0.15, 0.2) is 47.8 Å².